The van der Waals surface area contributed by atoms with Crippen molar-refractivity contribution in [3.05, 3.63) is 23.8 Å². The number of rotatable bonds is 4. The maximum atomic E-state index is 11.7. The molecule has 5 nitrogen and oxygen atoms in total. The lowest BCUT2D eigenvalue weighted by atomic mass is 10.1. The molecule has 106 valence electrons. The molecule has 0 radical (unpaired) electrons. The first-order valence-corrected chi connectivity index (χ1v) is 8.31. The van der Waals surface area contributed by atoms with E-state index >= 15 is 0 Å². The number of aromatic hydroxyl groups is 1. The van der Waals surface area contributed by atoms with Gasteiger partial charge in [0.2, 0.25) is 0 Å². The number of hydrogen-bond acceptors (Lipinski definition) is 5. The second-order valence-electron chi connectivity index (χ2n) is 4.87. The Morgan fingerprint density at radius 1 is 1.32 bits per heavy atom. The van der Waals surface area contributed by atoms with E-state index in [2.05, 4.69) is 10.2 Å². The lowest BCUT2D eigenvalue weighted by molar-refractivity contribution is 0.242. The third kappa shape index (κ3) is 3.68. The van der Waals surface area contributed by atoms with Gasteiger partial charge in [0.15, 0.2) is 9.84 Å². The van der Waals surface area contributed by atoms with E-state index < -0.39 is 9.84 Å². The van der Waals surface area contributed by atoms with Crippen LogP contribution in [0.2, 0.25) is 0 Å². The molecule has 19 heavy (non-hydrogen) atoms. The molecule has 0 spiro atoms. The number of phenols is 1. The van der Waals surface area contributed by atoms with Gasteiger partial charge in [0.25, 0.3) is 0 Å². The molecule has 1 aromatic rings. The quantitative estimate of drug-likeness (QED) is 0.829. The van der Waals surface area contributed by atoms with E-state index in [0.29, 0.717) is 12.0 Å². The predicted molar refractivity (Wildman–Crippen MR) is 74.2 cm³/mol. The fourth-order valence-corrected chi connectivity index (χ4v) is 3.34. The number of nitrogens with zero attached hydrogens (tertiary/aromatic N) is 1. The summed E-state index contributed by atoms with van der Waals surface area (Å²) in [4.78, 5) is 2.51. The van der Waals surface area contributed by atoms with E-state index in [0.717, 1.165) is 32.7 Å². The molecule has 1 fully saturated rings. The van der Waals surface area contributed by atoms with Crippen LogP contribution in [0.4, 0.5) is 0 Å². The van der Waals surface area contributed by atoms with E-state index in [-0.39, 0.29) is 10.6 Å². The van der Waals surface area contributed by atoms with Gasteiger partial charge < -0.3 is 15.3 Å². The van der Waals surface area contributed by atoms with Crippen LogP contribution in [-0.2, 0) is 16.3 Å². The Hall–Kier alpha value is -1.11. The van der Waals surface area contributed by atoms with Crippen molar-refractivity contribution in [1.29, 1.82) is 0 Å². The van der Waals surface area contributed by atoms with Gasteiger partial charge in [-0.1, -0.05) is 6.07 Å². The first kappa shape index (κ1) is 14.3. The number of hydrogen-bond donors (Lipinski definition) is 2. The third-order valence-corrected chi connectivity index (χ3v) is 4.58. The van der Waals surface area contributed by atoms with Gasteiger partial charge in [0, 0.05) is 44.5 Å². The largest absolute Gasteiger partial charge is 0.508 e. The molecule has 0 amide bonds. The molecule has 0 unspecified atom stereocenters. The summed E-state index contributed by atoms with van der Waals surface area (Å²) in [5.41, 5.74) is 0.531. The lowest BCUT2D eigenvalue weighted by Crippen LogP contribution is -2.44. The number of nitrogens with one attached hydrogen (secondary N) is 1. The summed E-state index contributed by atoms with van der Waals surface area (Å²) >= 11 is 0. The van der Waals surface area contributed by atoms with E-state index in [4.69, 9.17) is 0 Å². The van der Waals surface area contributed by atoms with Gasteiger partial charge in [-0.25, -0.2) is 8.42 Å². The van der Waals surface area contributed by atoms with E-state index in [1.54, 1.807) is 18.2 Å². The van der Waals surface area contributed by atoms with Crippen molar-refractivity contribution in [1.82, 2.24) is 10.2 Å². The van der Waals surface area contributed by atoms with Crippen LogP contribution >= 0.6 is 0 Å². The lowest BCUT2D eigenvalue weighted by Gasteiger charge is -2.27. The summed E-state index contributed by atoms with van der Waals surface area (Å²) in [5, 5.41) is 13.2. The molecular formula is C13H20N2O3S. The van der Waals surface area contributed by atoms with Gasteiger partial charge in [-0.2, -0.15) is 0 Å². The maximum Gasteiger partial charge on any atom is 0.175 e. The van der Waals surface area contributed by atoms with Crippen LogP contribution in [0.25, 0.3) is 0 Å². The van der Waals surface area contributed by atoms with Crippen molar-refractivity contribution >= 4 is 9.84 Å². The van der Waals surface area contributed by atoms with Gasteiger partial charge in [-0.15, -0.1) is 0 Å². The zero-order valence-corrected chi connectivity index (χ0v) is 11.9. The number of benzene rings is 1. The molecule has 0 atom stereocenters. The Labute approximate surface area is 114 Å². The molecule has 2 N–H and O–H groups in total. The van der Waals surface area contributed by atoms with Crippen LogP contribution < -0.4 is 5.32 Å². The minimum atomic E-state index is -3.30. The minimum Gasteiger partial charge on any atom is -0.508 e. The van der Waals surface area contributed by atoms with Crippen molar-refractivity contribution in [2.45, 2.75) is 11.3 Å². The zero-order chi connectivity index (χ0) is 13.9. The zero-order valence-electron chi connectivity index (χ0n) is 11.1. The molecule has 0 aromatic heterocycles. The highest BCUT2D eigenvalue weighted by Gasteiger charge is 2.17. The van der Waals surface area contributed by atoms with Gasteiger partial charge in [-0.05, 0) is 18.6 Å². The smallest absolute Gasteiger partial charge is 0.175 e. The molecule has 0 aliphatic carbocycles. The van der Waals surface area contributed by atoms with Crippen LogP contribution in [0.15, 0.2) is 23.1 Å². The molecule has 1 aromatic carbocycles. The Bertz CT molecular complexity index is 537. The van der Waals surface area contributed by atoms with Crippen LogP contribution in [0, 0.1) is 0 Å². The van der Waals surface area contributed by atoms with Gasteiger partial charge in [0.05, 0.1) is 4.90 Å². The highest BCUT2D eigenvalue weighted by atomic mass is 32.2. The van der Waals surface area contributed by atoms with Crippen LogP contribution in [-0.4, -0.2) is 57.4 Å². The topological polar surface area (TPSA) is 69.6 Å². The summed E-state index contributed by atoms with van der Waals surface area (Å²) < 4.78 is 23.4. The van der Waals surface area contributed by atoms with E-state index in [9.17, 15) is 13.5 Å². The molecule has 0 bridgehead atoms. The fraction of sp³-hybridized carbons (Fsp3) is 0.538. The number of piperazine rings is 1. The van der Waals surface area contributed by atoms with Crippen molar-refractivity contribution in [2.75, 3.05) is 39.0 Å². The molecular weight excluding hydrogens is 264 g/mol. The fourth-order valence-electron chi connectivity index (χ4n) is 2.36. The highest BCUT2D eigenvalue weighted by Crippen LogP contribution is 2.25. The third-order valence-electron chi connectivity index (χ3n) is 3.40. The molecule has 1 saturated heterocycles. The molecule has 0 saturated carbocycles. The first-order chi connectivity index (χ1) is 8.98. The Morgan fingerprint density at radius 3 is 2.63 bits per heavy atom. The average molecular weight is 284 g/mol. The van der Waals surface area contributed by atoms with E-state index in [1.165, 1.54) is 6.26 Å². The van der Waals surface area contributed by atoms with Gasteiger partial charge >= 0.3 is 0 Å². The Morgan fingerprint density at radius 2 is 2.00 bits per heavy atom. The maximum absolute atomic E-state index is 11.7. The van der Waals surface area contributed by atoms with Crippen LogP contribution in [0.5, 0.6) is 5.75 Å². The molecule has 2 rings (SSSR count). The molecule has 1 aliphatic rings. The normalized spacial score (nSPS) is 17.5. The molecule has 1 heterocycles. The first-order valence-electron chi connectivity index (χ1n) is 6.42. The van der Waals surface area contributed by atoms with E-state index in [1.807, 2.05) is 0 Å². The summed E-state index contributed by atoms with van der Waals surface area (Å²) in [7, 11) is -3.30. The summed E-state index contributed by atoms with van der Waals surface area (Å²) in [6.45, 7) is 4.60. The van der Waals surface area contributed by atoms with Crippen molar-refractivity contribution < 1.29 is 13.5 Å². The minimum absolute atomic E-state index is 0.0676. The SMILES string of the molecule is CS(=O)(=O)c1cccc(O)c1CCN1CCNCC1. The second kappa shape index (κ2) is 5.90. The van der Waals surface area contributed by atoms with Crippen molar-refractivity contribution in [3.8, 4) is 5.75 Å². The summed E-state index contributed by atoms with van der Waals surface area (Å²) in [6.07, 6.45) is 1.73. The van der Waals surface area contributed by atoms with Crippen LogP contribution in [0.3, 0.4) is 0 Å². The monoisotopic (exact) mass is 284 g/mol. The molecule has 6 heteroatoms. The molecule has 1 aliphatic heterocycles. The van der Waals surface area contributed by atoms with Crippen molar-refractivity contribution in [3.63, 3.8) is 0 Å². The predicted octanol–water partition coefficient (Wildman–Crippen LogP) is 0.243. The Kier molecular flexibility index (Phi) is 4.44. The van der Waals surface area contributed by atoms with Gasteiger partial charge in [0.1, 0.15) is 5.75 Å². The summed E-state index contributed by atoms with van der Waals surface area (Å²) in [5.74, 6) is 0.0676. The number of sulfone groups is 1. The van der Waals surface area contributed by atoms with Crippen molar-refractivity contribution in [2.24, 2.45) is 0 Å². The number of phenolic OH excluding ortho intramolecular Hbond substituents is 1. The highest BCUT2D eigenvalue weighted by molar-refractivity contribution is 7.90. The second-order valence-corrected chi connectivity index (χ2v) is 6.85. The Balaban J connectivity index is 2.15. The summed E-state index contributed by atoms with van der Waals surface area (Å²) in [6, 6.07) is 4.67. The van der Waals surface area contributed by atoms with Crippen LogP contribution in [0.1, 0.15) is 5.56 Å². The average Bonchev–Trinajstić information content (AvgIpc) is 2.37. The standard InChI is InChI=1S/C13H20N2O3S/c1-19(17,18)13-4-2-3-12(16)11(13)5-8-15-9-6-14-7-10-15/h2-4,14,16H,5-10H2,1H3. The van der Waals surface area contributed by atoms with Gasteiger partial charge in [-0.3, -0.25) is 0 Å².